The lowest BCUT2D eigenvalue weighted by molar-refractivity contribution is -0.155. The van der Waals surface area contributed by atoms with Crippen molar-refractivity contribution in [3.63, 3.8) is 0 Å². The zero-order valence-corrected chi connectivity index (χ0v) is 15.7. The van der Waals surface area contributed by atoms with E-state index in [2.05, 4.69) is 0 Å². The van der Waals surface area contributed by atoms with Gasteiger partial charge in [-0.05, 0) is 25.1 Å². The Labute approximate surface area is 169 Å². The molecular formula is C21H18O9. The van der Waals surface area contributed by atoms with Gasteiger partial charge in [-0.1, -0.05) is 0 Å². The Bertz CT molecular complexity index is 1230. The van der Waals surface area contributed by atoms with Crippen LogP contribution in [0.1, 0.15) is 25.0 Å². The molecule has 30 heavy (non-hydrogen) atoms. The number of phenolic OH excluding ortho intramolecular Hbond substituents is 4. The van der Waals surface area contributed by atoms with Gasteiger partial charge in [-0.3, -0.25) is 9.59 Å². The van der Waals surface area contributed by atoms with Gasteiger partial charge in [-0.15, -0.1) is 0 Å². The van der Waals surface area contributed by atoms with E-state index < -0.39 is 46.8 Å². The first-order valence-corrected chi connectivity index (χ1v) is 9.08. The van der Waals surface area contributed by atoms with Crippen molar-refractivity contribution in [1.29, 1.82) is 0 Å². The molecule has 0 radical (unpaired) electrons. The molecule has 0 saturated carbocycles. The number of aliphatic hydroxyl groups is 1. The number of ether oxygens (including phenoxy) is 1. The van der Waals surface area contributed by atoms with Gasteiger partial charge >= 0.3 is 0 Å². The first-order valence-electron chi connectivity index (χ1n) is 9.08. The van der Waals surface area contributed by atoms with Gasteiger partial charge in [0.25, 0.3) is 0 Å². The molecule has 1 aliphatic heterocycles. The van der Waals surface area contributed by atoms with Crippen molar-refractivity contribution in [3.8, 4) is 34.3 Å². The molecule has 1 aliphatic rings. The molecule has 2 heterocycles. The van der Waals surface area contributed by atoms with E-state index in [9.17, 15) is 35.1 Å². The lowest BCUT2D eigenvalue weighted by Gasteiger charge is -2.31. The third kappa shape index (κ3) is 3.14. The Morgan fingerprint density at radius 1 is 0.933 bits per heavy atom. The van der Waals surface area contributed by atoms with Crippen molar-refractivity contribution in [3.05, 3.63) is 46.1 Å². The number of aromatic hydroxyl groups is 4. The average Bonchev–Trinajstić information content (AvgIpc) is 2.67. The van der Waals surface area contributed by atoms with Crippen LogP contribution in [0.15, 0.2) is 39.5 Å². The molecule has 156 valence electrons. The largest absolute Gasteiger partial charge is 0.507 e. The summed E-state index contributed by atoms with van der Waals surface area (Å²) in [7, 11) is 0. The van der Waals surface area contributed by atoms with Crippen molar-refractivity contribution < 1.29 is 39.5 Å². The molecule has 4 rings (SSSR count). The van der Waals surface area contributed by atoms with Gasteiger partial charge < -0.3 is 34.7 Å². The van der Waals surface area contributed by atoms with E-state index in [1.54, 1.807) is 0 Å². The Balaban J connectivity index is 1.96. The highest BCUT2D eigenvalue weighted by molar-refractivity contribution is 5.91. The first kappa shape index (κ1) is 19.7. The van der Waals surface area contributed by atoms with Gasteiger partial charge in [0.2, 0.25) is 0 Å². The lowest BCUT2D eigenvalue weighted by atomic mass is 9.93. The number of aliphatic hydroxyl groups excluding tert-OH is 1. The summed E-state index contributed by atoms with van der Waals surface area (Å²) in [6.45, 7) is 1.50. The molecule has 1 fully saturated rings. The molecule has 0 unspecified atom stereocenters. The summed E-state index contributed by atoms with van der Waals surface area (Å²) < 4.78 is 11.5. The molecule has 1 aromatic heterocycles. The number of hydrogen-bond acceptors (Lipinski definition) is 9. The van der Waals surface area contributed by atoms with Crippen LogP contribution in [0.25, 0.3) is 22.3 Å². The molecule has 0 bridgehead atoms. The normalized spacial score (nSPS) is 21.8. The molecule has 9 heteroatoms. The third-order valence-electron chi connectivity index (χ3n) is 5.12. The molecule has 5 N–H and O–H groups in total. The Kier molecular flexibility index (Phi) is 4.64. The number of ketones is 1. The van der Waals surface area contributed by atoms with Crippen molar-refractivity contribution in [2.75, 3.05) is 0 Å². The SMILES string of the molecule is C[C@H]1O[C@@H](c2c(O)cc(O)c3c(=O)cc(-c4ccc(O)c(O)c4)oc23)CC(=O)[C@@H]1O. The molecule has 3 atom stereocenters. The summed E-state index contributed by atoms with van der Waals surface area (Å²) in [6.07, 6.45) is -3.46. The highest BCUT2D eigenvalue weighted by atomic mass is 16.5. The summed E-state index contributed by atoms with van der Waals surface area (Å²) in [5.74, 6) is -2.27. The Morgan fingerprint density at radius 2 is 1.67 bits per heavy atom. The molecule has 2 aromatic carbocycles. The van der Waals surface area contributed by atoms with Crippen LogP contribution in [0.2, 0.25) is 0 Å². The number of benzene rings is 2. The second-order valence-corrected chi connectivity index (χ2v) is 7.16. The fourth-order valence-electron chi connectivity index (χ4n) is 3.57. The lowest BCUT2D eigenvalue weighted by Crippen LogP contribution is -2.40. The van der Waals surface area contributed by atoms with Gasteiger partial charge in [-0.2, -0.15) is 0 Å². The quantitative estimate of drug-likeness (QED) is 0.396. The predicted octanol–water partition coefficient (Wildman–Crippen LogP) is 2.06. The number of fused-ring (bicyclic) bond motifs is 1. The summed E-state index contributed by atoms with van der Waals surface area (Å²) in [5.41, 5.74) is -0.587. The summed E-state index contributed by atoms with van der Waals surface area (Å²) in [4.78, 5) is 24.8. The Morgan fingerprint density at radius 3 is 2.33 bits per heavy atom. The standard InChI is InChI=1S/C21H18O9/c1-8-20(28)15(27)7-17(29-8)19-13(25)5-12(24)18-14(26)6-16(30-21(18)19)9-2-3-10(22)11(23)4-9/h2-6,8,17,20,22-25,28H,7H2,1H3/t8-,17-,20-/m1/s1. The van der Waals surface area contributed by atoms with Crippen LogP contribution in [0.4, 0.5) is 0 Å². The maximum Gasteiger partial charge on any atom is 0.197 e. The van der Waals surface area contributed by atoms with Crippen LogP contribution in [0.3, 0.4) is 0 Å². The number of phenols is 4. The van der Waals surface area contributed by atoms with Crippen molar-refractivity contribution in [2.24, 2.45) is 0 Å². The molecule has 0 spiro atoms. The van der Waals surface area contributed by atoms with Crippen molar-refractivity contribution in [1.82, 2.24) is 0 Å². The van der Waals surface area contributed by atoms with E-state index in [4.69, 9.17) is 9.15 Å². The number of carbonyl (C=O) groups is 1. The summed E-state index contributed by atoms with van der Waals surface area (Å²) in [5, 5.41) is 49.5. The average molecular weight is 414 g/mol. The summed E-state index contributed by atoms with van der Waals surface area (Å²) >= 11 is 0. The minimum absolute atomic E-state index is 0.00994. The second kappa shape index (κ2) is 7.05. The van der Waals surface area contributed by atoms with Crippen LogP contribution < -0.4 is 5.43 Å². The van der Waals surface area contributed by atoms with E-state index in [1.165, 1.54) is 25.1 Å². The van der Waals surface area contributed by atoms with E-state index in [1.807, 2.05) is 0 Å². The number of rotatable bonds is 2. The molecule has 0 amide bonds. The van der Waals surface area contributed by atoms with Gasteiger partial charge in [0.1, 0.15) is 28.7 Å². The van der Waals surface area contributed by atoms with Crippen molar-refractivity contribution in [2.45, 2.75) is 31.7 Å². The maximum atomic E-state index is 12.7. The third-order valence-corrected chi connectivity index (χ3v) is 5.12. The molecular weight excluding hydrogens is 396 g/mol. The fraction of sp³-hybridized carbons (Fsp3) is 0.238. The molecule has 1 saturated heterocycles. The van der Waals surface area contributed by atoms with Crippen LogP contribution in [-0.4, -0.2) is 43.5 Å². The van der Waals surface area contributed by atoms with Crippen LogP contribution in [0.5, 0.6) is 23.0 Å². The number of carbonyl (C=O) groups excluding carboxylic acids is 1. The molecule has 3 aromatic rings. The summed E-state index contributed by atoms with van der Waals surface area (Å²) in [6, 6.07) is 5.85. The van der Waals surface area contributed by atoms with Crippen molar-refractivity contribution >= 4 is 16.8 Å². The van der Waals surface area contributed by atoms with E-state index >= 15 is 0 Å². The van der Waals surface area contributed by atoms with E-state index in [0.717, 1.165) is 12.1 Å². The minimum atomic E-state index is -1.31. The topological polar surface area (TPSA) is 158 Å². The highest BCUT2D eigenvalue weighted by Gasteiger charge is 2.37. The van der Waals surface area contributed by atoms with Crippen LogP contribution >= 0.6 is 0 Å². The highest BCUT2D eigenvalue weighted by Crippen LogP contribution is 2.43. The van der Waals surface area contributed by atoms with Gasteiger partial charge in [0.15, 0.2) is 28.3 Å². The maximum absolute atomic E-state index is 12.7. The van der Waals surface area contributed by atoms with E-state index in [0.29, 0.717) is 0 Å². The fourth-order valence-corrected chi connectivity index (χ4v) is 3.57. The first-order chi connectivity index (χ1) is 14.2. The predicted molar refractivity (Wildman–Crippen MR) is 103 cm³/mol. The molecule has 9 nitrogen and oxygen atoms in total. The Hall–Kier alpha value is -3.56. The zero-order valence-electron chi connectivity index (χ0n) is 15.7. The smallest absolute Gasteiger partial charge is 0.197 e. The van der Waals surface area contributed by atoms with E-state index in [-0.39, 0.29) is 40.0 Å². The number of Topliss-reactive ketones (excluding diaryl/α,β-unsaturated/α-hetero) is 1. The van der Waals surface area contributed by atoms with Gasteiger partial charge in [-0.25, -0.2) is 0 Å². The van der Waals surface area contributed by atoms with Crippen LogP contribution in [0, 0.1) is 0 Å². The van der Waals surface area contributed by atoms with Gasteiger partial charge in [0.05, 0.1) is 17.8 Å². The monoisotopic (exact) mass is 414 g/mol. The zero-order chi connectivity index (χ0) is 21.7. The van der Waals surface area contributed by atoms with Gasteiger partial charge in [0, 0.05) is 24.1 Å². The minimum Gasteiger partial charge on any atom is -0.507 e. The second-order valence-electron chi connectivity index (χ2n) is 7.16. The molecule has 0 aliphatic carbocycles. The number of hydrogen-bond donors (Lipinski definition) is 5. The van der Waals surface area contributed by atoms with Crippen LogP contribution in [-0.2, 0) is 9.53 Å².